The summed E-state index contributed by atoms with van der Waals surface area (Å²) in [7, 11) is 1.56. The van der Waals surface area contributed by atoms with Crippen molar-refractivity contribution in [3.8, 4) is 39.9 Å². The van der Waals surface area contributed by atoms with E-state index in [0.29, 0.717) is 52.2 Å². The van der Waals surface area contributed by atoms with E-state index in [0.717, 1.165) is 16.0 Å². The topological polar surface area (TPSA) is 110 Å². The van der Waals surface area contributed by atoms with E-state index >= 15 is 0 Å². The number of hydrogen-bond acceptors (Lipinski definition) is 10. The summed E-state index contributed by atoms with van der Waals surface area (Å²) < 4.78 is 26.8. The molecule has 5 aromatic rings. The van der Waals surface area contributed by atoms with Crippen LogP contribution in [0, 0.1) is 0 Å². The lowest BCUT2D eigenvalue weighted by Crippen LogP contribution is -2.03. The van der Waals surface area contributed by atoms with E-state index in [1.165, 1.54) is 11.3 Å². The van der Waals surface area contributed by atoms with Crippen LogP contribution >= 0.6 is 11.3 Å². The van der Waals surface area contributed by atoms with E-state index in [1.807, 2.05) is 35.7 Å². The number of hydrogen-bond donors (Lipinski definition) is 0. The van der Waals surface area contributed by atoms with Crippen LogP contribution in [0.1, 0.15) is 10.9 Å². The van der Waals surface area contributed by atoms with Crippen LogP contribution in [-0.4, -0.2) is 29.0 Å². The SMILES string of the molecule is COc1ccc2cc(-c3csc(Cc4nc(-c5ccc6c(c5)OCO6)no4)n3)c(=O)oc2c1. The van der Waals surface area contributed by atoms with Crippen LogP contribution in [0.5, 0.6) is 17.2 Å². The molecule has 2 aromatic carbocycles. The first-order chi connectivity index (χ1) is 16.2. The molecule has 10 heteroatoms. The highest BCUT2D eigenvalue weighted by atomic mass is 32.1. The van der Waals surface area contributed by atoms with Crippen LogP contribution in [0.25, 0.3) is 33.6 Å². The minimum atomic E-state index is -0.463. The normalized spacial score (nSPS) is 12.4. The van der Waals surface area contributed by atoms with Gasteiger partial charge in [0.2, 0.25) is 18.5 Å². The van der Waals surface area contributed by atoms with Gasteiger partial charge in [-0.15, -0.1) is 11.3 Å². The molecule has 6 rings (SSSR count). The first-order valence-electron chi connectivity index (χ1n) is 9.95. The predicted molar refractivity (Wildman–Crippen MR) is 119 cm³/mol. The van der Waals surface area contributed by atoms with Crippen molar-refractivity contribution in [3.63, 3.8) is 0 Å². The zero-order chi connectivity index (χ0) is 22.4. The summed E-state index contributed by atoms with van der Waals surface area (Å²) in [6.45, 7) is 0.201. The second kappa shape index (κ2) is 7.75. The Bertz CT molecular complexity index is 1550. The van der Waals surface area contributed by atoms with Crippen molar-refractivity contribution in [1.29, 1.82) is 0 Å². The van der Waals surface area contributed by atoms with Gasteiger partial charge in [0.1, 0.15) is 16.3 Å². The molecule has 1 aliphatic heterocycles. The maximum absolute atomic E-state index is 12.5. The highest BCUT2D eigenvalue weighted by Gasteiger charge is 2.18. The highest BCUT2D eigenvalue weighted by molar-refractivity contribution is 7.10. The zero-order valence-corrected chi connectivity index (χ0v) is 18.0. The summed E-state index contributed by atoms with van der Waals surface area (Å²) in [6.07, 6.45) is 0.346. The van der Waals surface area contributed by atoms with E-state index in [2.05, 4.69) is 15.1 Å². The molecule has 0 amide bonds. The molecule has 0 aliphatic carbocycles. The van der Waals surface area contributed by atoms with Gasteiger partial charge in [0.25, 0.3) is 0 Å². The van der Waals surface area contributed by atoms with E-state index in [9.17, 15) is 4.79 Å². The fourth-order valence-electron chi connectivity index (χ4n) is 3.52. The molecule has 0 spiro atoms. The maximum atomic E-state index is 12.5. The van der Waals surface area contributed by atoms with Gasteiger partial charge in [-0.05, 0) is 36.4 Å². The van der Waals surface area contributed by atoms with Crippen molar-refractivity contribution in [3.05, 3.63) is 69.2 Å². The second-order valence-electron chi connectivity index (χ2n) is 7.23. The van der Waals surface area contributed by atoms with Gasteiger partial charge in [-0.25, -0.2) is 9.78 Å². The number of benzene rings is 2. The van der Waals surface area contributed by atoms with Gasteiger partial charge in [0, 0.05) is 22.4 Å². The standard InChI is InChI=1S/C23H15N3O6S/c1-28-14-4-2-12-6-15(23(27)31-18(12)8-14)16-10-33-21(24-16)9-20-25-22(26-32-20)13-3-5-17-19(7-13)30-11-29-17/h2-8,10H,9,11H2,1H3. The Hall–Kier alpha value is -4.18. The smallest absolute Gasteiger partial charge is 0.345 e. The Balaban J connectivity index is 1.25. The molecule has 0 N–H and O–H groups in total. The number of ether oxygens (including phenoxy) is 3. The fraction of sp³-hybridized carbons (Fsp3) is 0.130. The zero-order valence-electron chi connectivity index (χ0n) is 17.2. The molecular weight excluding hydrogens is 446 g/mol. The molecule has 0 bridgehead atoms. The first-order valence-corrected chi connectivity index (χ1v) is 10.8. The van der Waals surface area contributed by atoms with Crippen molar-refractivity contribution in [2.24, 2.45) is 0 Å². The Labute approximate surface area is 190 Å². The lowest BCUT2D eigenvalue weighted by Gasteiger charge is -2.02. The predicted octanol–water partition coefficient (Wildman–Crippen LogP) is 4.29. The van der Waals surface area contributed by atoms with Crippen molar-refractivity contribution in [2.75, 3.05) is 13.9 Å². The monoisotopic (exact) mass is 461 g/mol. The Kier molecular flexibility index (Phi) is 4.58. The van der Waals surface area contributed by atoms with Gasteiger partial charge in [-0.1, -0.05) is 5.16 Å². The van der Waals surface area contributed by atoms with Crippen molar-refractivity contribution < 1.29 is 23.2 Å². The first kappa shape index (κ1) is 19.5. The maximum Gasteiger partial charge on any atom is 0.345 e. The third-order valence-electron chi connectivity index (χ3n) is 5.17. The lowest BCUT2D eigenvalue weighted by molar-refractivity contribution is 0.174. The third-order valence-corrected chi connectivity index (χ3v) is 6.02. The summed E-state index contributed by atoms with van der Waals surface area (Å²) in [6, 6.07) is 12.6. The molecule has 0 unspecified atom stereocenters. The number of thiazole rings is 1. The second-order valence-corrected chi connectivity index (χ2v) is 8.18. The largest absolute Gasteiger partial charge is 0.497 e. The number of fused-ring (bicyclic) bond motifs is 2. The molecule has 164 valence electrons. The Morgan fingerprint density at radius 1 is 1.06 bits per heavy atom. The number of methoxy groups -OCH3 is 1. The summed E-state index contributed by atoms with van der Waals surface area (Å²) >= 11 is 1.40. The third kappa shape index (κ3) is 3.60. The van der Waals surface area contributed by atoms with E-state index in [-0.39, 0.29) is 6.79 Å². The van der Waals surface area contributed by atoms with Crippen molar-refractivity contribution in [2.45, 2.75) is 6.42 Å². The molecule has 1 aliphatic rings. The van der Waals surface area contributed by atoms with Crippen LogP contribution in [0.2, 0.25) is 0 Å². The number of nitrogens with zero attached hydrogens (tertiary/aromatic N) is 3. The van der Waals surface area contributed by atoms with Gasteiger partial charge >= 0.3 is 5.63 Å². The molecule has 0 radical (unpaired) electrons. The summed E-state index contributed by atoms with van der Waals surface area (Å²) in [4.78, 5) is 21.6. The summed E-state index contributed by atoms with van der Waals surface area (Å²) in [5.74, 6) is 2.83. The molecule has 4 heterocycles. The van der Waals surface area contributed by atoms with Crippen LogP contribution in [0.15, 0.2) is 61.6 Å². The summed E-state index contributed by atoms with van der Waals surface area (Å²) in [5, 5.41) is 7.38. The number of rotatable bonds is 5. The Morgan fingerprint density at radius 3 is 2.88 bits per heavy atom. The molecule has 0 fully saturated rings. The van der Waals surface area contributed by atoms with Crippen LogP contribution in [0.3, 0.4) is 0 Å². The van der Waals surface area contributed by atoms with Crippen LogP contribution in [-0.2, 0) is 6.42 Å². The van der Waals surface area contributed by atoms with E-state index < -0.39 is 5.63 Å². The van der Waals surface area contributed by atoms with Crippen LogP contribution < -0.4 is 19.8 Å². The number of aromatic nitrogens is 3. The molecule has 0 saturated heterocycles. The minimum absolute atomic E-state index is 0.201. The van der Waals surface area contributed by atoms with Crippen molar-refractivity contribution in [1.82, 2.24) is 15.1 Å². The van der Waals surface area contributed by atoms with Gasteiger partial charge in [0.05, 0.1) is 24.8 Å². The van der Waals surface area contributed by atoms with Crippen molar-refractivity contribution >= 4 is 22.3 Å². The van der Waals surface area contributed by atoms with Gasteiger partial charge < -0.3 is 23.2 Å². The Morgan fingerprint density at radius 2 is 1.97 bits per heavy atom. The molecule has 3 aromatic heterocycles. The lowest BCUT2D eigenvalue weighted by atomic mass is 10.1. The van der Waals surface area contributed by atoms with Gasteiger partial charge in [0.15, 0.2) is 11.5 Å². The van der Waals surface area contributed by atoms with Gasteiger partial charge in [-0.3, -0.25) is 0 Å². The molecular formula is C23H15N3O6S. The minimum Gasteiger partial charge on any atom is -0.497 e. The molecule has 9 nitrogen and oxygen atoms in total. The highest BCUT2D eigenvalue weighted by Crippen LogP contribution is 2.35. The molecule has 0 atom stereocenters. The van der Waals surface area contributed by atoms with E-state index in [1.54, 1.807) is 19.2 Å². The van der Waals surface area contributed by atoms with E-state index in [4.69, 9.17) is 23.2 Å². The fourth-order valence-corrected chi connectivity index (χ4v) is 4.31. The summed E-state index contributed by atoms with van der Waals surface area (Å²) in [5.41, 5.74) is 1.69. The molecule has 33 heavy (non-hydrogen) atoms. The average Bonchev–Trinajstić information content (AvgIpc) is 3.59. The van der Waals surface area contributed by atoms with Gasteiger partial charge in [-0.2, -0.15) is 4.98 Å². The average molecular weight is 461 g/mol. The quantitative estimate of drug-likeness (QED) is 0.354. The molecule has 0 saturated carbocycles. The van der Waals surface area contributed by atoms with Crippen LogP contribution in [0.4, 0.5) is 0 Å².